The second-order valence-electron chi connectivity index (χ2n) is 6.51. The van der Waals surface area contributed by atoms with Crippen molar-refractivity contribution in [1.29, 1.82) is 0 Å². The SMILES string of the molecule is COc1ccc(NC(=O)NC(=O)CN2CCN(c3ccc(O)cc3)CC2)cc1. The molecule has 0 atom stereocenters. The van der Waals surface area contributed by atoms with Gasteiger partial charge < -0.3 is 20.1 Å². The largest absolute Gasteiger partial charge is 0.508 e. The number of carbonyl (C=O) groups excluding carboxylic acids is 2. The maximum absolute atomic E-state index is 12.1. The maximum Gasteiger partial charge on any atom is 0.325 e. The number of carbonyl (C=O) groups is 2. The van der Waals surface area contributed by atoms with Crippen LogP contribution in [-0.4, -0.2) is 61.8 Å². The molecule has 0 unspecified atom stereocenters. The standard InChI is InChI=1S/C20H24N4O4/c1-28-18-8-2-15(3-9-18)21-20(27)22-19(26)14-23-10-12-24(13-11-23)16-4-6-17(25)7-5-16/h2-9,25H,10-14H2,1H3,(H2,21,22,26,27). The molecule has 28 heavy (non-hydrogen) atoms. The molecule has 1 aliphatic heterocycles. The van der Waals surface area contributed by atoms with Crippen LogP contribution in [0.2, 0.25) is 0 Å². The number of nitrogens with one attached hydrogen (secondary N) is 2. The van der Waals surface area contributed by atoms with E-state index >= 15 is 0 Å². The topological polar surface area (TPSA) is 94.1 Å². The Balaban J connectivity index is 1.41. The molecule has 2 aromatic carbocycles. The van der Waals surface area contributed by atoms with Gasteiger partial charge in [0.15, 0.2) is 0 Å². The maximum atomic E-state index is 12.1. The summed E-state index contributed by atoms with van der Waals surface area (Å²) in [4.78, 5) is 28.3. The van der Waals surface area contributed by atoms with E-state index in [9.17, 15) is 14.7 Å². The zero-order chi connectivity index (χ0) is 19.9. The normalized spacial score (nSPS) is 14.4. The number of phenolic OH excluding ortho intramolecular Hbond substituents is 1. The first-order chi connectivity index (χ1) is 13.5. The number of anilines is 2. The van der Waals surface area contributed by atoms with Crippen LogP contribution in [0.25, 0.3) is 0 Å². The van der Waals surface area contributed by atoms with Crippen molar-refractivity contribution in [3.63, 3.8) is 0 Å². The Morgan fingerprint density at radius 2 is 1.64 bits per heavy atom. The molecule has 0 saturated carbocycles. The number of ether oxygens (including phenoxy) is 1. The van der Waals surface area contributed by atoms with Crippen LogP contribution in [0.1, 0.15) is 0 Å². The van der Waals surface area contributed by atoms with Gasteiger partial charge in [0.05, 0.1) is 13.7 Å². The number of urea groups is 1. The summed E-state index contributed by atoms with van der Waals surface area (Å²) in [5.41, 5.74) is 1.62. The lowest BCUT2D eigenvalue weighted by atomic mass is 10.2. The Morgan fingerprint density at radius 3 is 2.25 bits per heavy atom. The molecule has 0 bridgehead atoms. The average molecular weight is 384 g/mol. The zero-order valence-corrected chi connectivity index (χ0v) is 15.7. The number of nitrogens with zero attached hydrogens (tertiary/aromatic N) is 2. The molecule has 1 heterocycles. The van der Waals surface area contributed by atoms with Crippen molar-refractivity contribution in [2.24, 2.45) is 0 Å². The van der Waals surface area contributed by atoms with Gasteiger partial charge in [0.2, 0.25) is 5.91 Å². The fourth-order valence-electron chi connectivity index (χ4n) is 3.03. The predicted octanol–water partition coefficient (Wildman–Crippen LogP) is 1.87. The van der Waals surface area contributed by atoms with Crippen LogP contribution in [-0.2, 0) is 4.79 Å². The van der Waals surface area contributed by atoms with Gasteiger partial charge in [-0.2, -0.15) is 0 Å². The van der Waals surface area contributed by atoms with Crippen LogP contribution in [0.15, 0.2) is 48.5 Å². The first-order valence-electron chi connectivity index (χ1n) is 9.05. The van der Waals surface area contributed by atoms with Crippen molar-refractivity contribution in [3.05, 3.63) is 48.5 Å². The quantitative estimate of drug-likeness (QED) is 0.729. The van der Waals surface area contributed by atoms with Crippen LogP contribution in [0, 0.1) is 0 Å². The third-order valence-corrected chi connectivity index (χ3v) is 4.56. The van der Waals surface area contributed by atoms with Crippen molar-refractivity contribution < 1.29 is 19.4 Å². The Kier molecular flexibility index (Phi) is 6.33. The minimum atomic E-state index is -0.558. The summed E-state index contributed by atoms with van der Waals surface area (Å²) in [6.45, 7) is 3.15. The highest BCUT2D eigenvalue weighted by molar-refractivity contribution is 6.01. The smallest absolute Gasteiger partial charge is 0.325 e. The Hall–Kier alpha value is -3.26. The molecule has 148 valence electrons. The number of amides is 3. The van der Waals surface area contributed by atoms with E-state index in [1.165, 1.54) is 0 Å². The third-order valence-electron chi connectivity index (χ3n) is 4.56. The summed E-state index contributed by atoms with van der Waals surface area (Å²) >= 11 is 0. The Morgan fingerprint density at radius 1 is 1.00 bits per heavy atom. The number of piperazine rings is 1. The van der Waals surface area contributed by atoms with Gasteiger partial charge in [-0.3, -0.25) is 15.0 Å². The molecule has 3 rings (SSSR count). The van der Waals surface area contributed by atoms with Gasteiger partial charge in [-0.25, -0.2) is 4.79 Å². The highest BCUT2D eigenvalue weighted by atomic mass is 16.5. The summed E-state index contributed by atoms with van der Waals surface area (Å²) in [6, 6.07) is 13.4. The number of imide groups is 1. The second kappa shape index (κ2) is 9.09. The molecule has 8 heteroatoms. The van der Waals surface area contributed by atoms with E-state index in [1.807, 2.05) is 17.0 Å². The number of hydrogen-bond donors (Lipinski definition) is 3. The second-order valence-corrected chi connectivity index (χ2v) is 6.51. The van der Waals surface area contributed by atoms with E-state index in [0.29, 0.717) is 24.5 Å². The predicted molar refractivity (Wildman–Crippen MR) is 107 cm³/mol. The average Bonchev–Trinajstić information content (AvgIpc) is 2.69. The van der Waals surface area contributed by atoms with Crippen molar-refractivity contribution >= 4 is 23.3 Å². The Labute approximate surface area is 163 Å². The summed E-state index contributed by atoms with van der Waals surface area (Å²) in [7, 11) is 1.57. The molecule has 2 aromatic rings. The van der Waals surface area contributed by atoms with Crippen molar-refractivity contribution in [2.75, 3.05) is 50.1 Å². The monoisotopic (exact) mass is 384 g/mol. The number of benzene rings is 2. The molecule has 0 spiro atoms. The minimum Gasteiger partial charge on any atom is -0.508 e. The van der Waals surface area contributed by atoms with Crippen LogP contribution < -0.4 is 20.3 Å². The molecular weight excluding hydrogens is 360 g/mol. The fraction of sp³-hybridized carbons (Fsp3) is 0.300. The van der Waals surface area contributed by atoms with E-state index in [4.69, 9.17) is 4.74 Å². The summed E-state index contributed by atoms with van der Waals surface area (Å²) < 4.78 is 5.06. The van der Waals surface area contributed by atoms with Gasteiger partial charge in [-0.15, -0.1) is 0 Å². The molecule has 1 aliphatic rings. The van der Waals surface area contributed by atoms with Crippen molar-refractivity contribution in [1.82, 2.24) is 10.2 Å². The molecule has 1 fully saturated rings. The summed E-state index contributed by atoms with van der Waals surface area (Å²) in [5, 5.41) is 14.3. The first kappa shape index (κ1) is 19.5. The number of phenols is 1. The summed E-state index contributed by atoms with van der Waals surface area (Å²) in [5.74, 6) is 0.588. The molecular formula is C20H24N4O4. The van der Waals surface area contributed by atoms with Gasteiger partial charge in [-0.1, -0.05) is 0 Å². The van der Waals surface area contributed by atoms with Crippen LogP contribution in [0.4, 0.5) is 16.2 Å². The zero-order valence-electron chi connectivity index (χ0n) is 15.7. The molecule has 8 nitrogen and oxygen atoms in total. The molecule has 0 aromatic heterocycles. The van der Waals surface area contributed by atoms with Crippen molar-refractivity contribution in [3.8, 4) is 11.5 Å². The van der Waals surface area contributed by atoms with E-state index in [2.05, 4.69) is 15.5 Å². The molecule has 0 radical (unpaired) electrons. The fourth-order valence-corrected chi connectivity index (χ4v) is 3.03. The van der Waals surface area contributed by atoms with E-state index in [1.54, 1.807) is 43.5 Å². The van der Waals surface area contributed by atoms with Crippen molar-refractivity contribution in [2.45, 2.75) is 0 Å². The molecule has 3 N–H and O–H groups in total. The number of rotatable bonds is 5. The van der Waals surface area contributed by atoms with Gasteiger partial charge in [0.25, 0.3) is 0 Å². The minimum absolute atomic E-state index is 0.166. The van der Waals surface area contributed by atoms with E-state index in [-0.39, 0.29) is 18.2 Å². The van der Waals surface area contributed by atoms with E-state index < -0.39 is 6.03 Å². The van der Waals surface area contributed by atoms with Gasteiger partial charge in [0, 0.05) is 37.6 Å². The Bertz CT molecular complexity index is 800. The van der Waals surface area contributed by atoms with Crippen LogP contribution in [0.5, 0.6) is 11.5 Å². The molecule has 3 amide bonds. The van der Waals surface area contributed by atoms with Crippen LogP contribution in [0.3, 0.4) is 0 Å². The number of methoxy groups -OCH3 is 1. The molecule has 1 saturated heterocycles. The van der Waals surface area contributed by atoms with Gasteiger partial charge in [0.1, 0.15) is 11.5 Å². The highest BCUT2D eigenvalue weighted by Gasteiger charge is 2.20. The molecule has 0 aliphatic carbocycles. The van der Waals surface area contributed by atoms with Crippen LogP contribution >= 0.6 is 0 Å². The summed E-state index contributed by atoms with van der Waals surface area (Å²) in [6.07, 6.45) is 0. The number of hydrogen-bond acceptors (Lipinski definition) is 6. The van der Waals surface area contributed by atoms with Gasteiger partial charge in [-0.05, 0) is 48.5 Å². The third kappa shape index (κ3) is 5.37. The van der Waals surface area contributed by atoms with E-state index in [0.717, 1.165) is 18.8 Å². The lowest BCUT2D eigenvalue weighted by molar-refractivity contribution is -0.121. The first-order valence-corrected chi connectivity index (χ1v) is 9.05. The highest BCUT2D eigenvalue weighted by Crippen LogP contribution is 2.19. The number of aromatic hydroxyl groups is 1. The lowest BCUT2D eigenvalue weighted by Gasteiger charge is -2.35. The lowest BCUT2D eigenvalue weighted by Crippen LogP contribution is -2.50. The van der Waals surface area contributed by atoms with Gasteiger partial charge >= 0.3 is 6.03 Å².